The normalized spacial score (nSPS) is 21.4. The molecular weight excluding hydrogens is 366 g/mol. The molecule has 3 rings (SSSR count). The monoisotopic (exact) mass is 395 g/mol. The highest BCUT2D eigenvalue weighted by Crippen LogP contribution is 2.22. The van der Waals surface area contributed by atoms with E-state index < -0.39 is 6.10 Å². The molecule has 1 aromatic carbocycles. The number of rotatable bonds is 5. The van der Waals surface area contributed by atoms with Crippen LogP contribution in [-0.4, -0.2) is 66.5 Å². The van der Waals surface area contributed by atoms with Gasteiger partial charge in [-0.25, -0.2) is 0 Å². The Hall–Kier alpha value is -1.79. The number of hydrogen-bond acceptors (Lipinski definition) is 4. The van der Waals surface area contributed by atoms with E-state index in [-0.39, 0.29) is 30.3 Å². The highest BCUT2D eigenvalue weighted by atomic mass is 35.5. The lowest BCUT2D eigenvalue weighted by atomic mass is 10.0. The van der Waals surface area contributed by atoms with E-state index in [1.807, 2.05) is 47.9 Å². The van der Waals surface area contributed by atoms with Crippen molar-refractivity contribution in [2.45, 2.75) is 45.3 Å². The number of likely N-dealkylation sites (tertiary alicyclic amines) is 1. The first kappa shape index (κ1) is 21.5. The van der Waals surface area contributed by atoms with E-state index in [0.29, 0.717) is 19.5 Å². The molecule has 2 unspecified atom stereocenters. The van der Waals surface area contributed by atoms with Crippen LogP contribution in [0.1, 0.15) is 31.7 Å². The maximum absolute atomic E-state index is 13.0. The molecule has 2 aliphatic rings. The molecule has 0 radical (unpaired) electrons. The van der Waals surface area contributed by atoms with Crippen LogP contribution in [0.5, 0.6) is 5.75 Å². The van der Waals surface area contributed by atoms with Gasteiger partial charge in [-0.15, -0.1) is 12.4 Å². The van der Waals surface area contributed by atoms with E-state index in [4.69, 9.17) is 4.74 Å². The van der Waals surface area contributed by atoms with E-state index in [2.05, 4.69) is 5.32 Å². The van der Waals surface area contributed by atoms with Crippen LogP contribution in [-0.2, 0) is 9.59 Å². The highest BCUT2D eigenvalue weighted by Gasteiger charge is 2.34. The average Bonchev–Trinajstić information content (AvgIpc) is 2.67. The first-order chi connectivity index (χ1) is 12.6. The second kappa shape index (κ2) is 9.95. The molecule has 2 amide bonds. The Balaban J connectivity index is 0.00000261. The summed E-state index contributed by atoms with van der Waals surface area (Å²) in [4.78, 5) is 29.0. The van der Waals surface area contributed by atoms with Crippen LogP contribution in [0, 0.1) is 6.92 Å². The summed E-state index contributed by atoms with van der Waals surface area (Å²) >= 11 is 0. The lowest BCUT2D eigenvalue weighted by molar-refractivity contribution is -0.144. The van der Waals surface area contributed by atoms with Crippen LogP contribution >= 0.6 is 12.4 Å². The molecular formula is C20H30ClN3O3. The van der Waals surface area contributed by atoms with Crippen LogP contribution in [0.4, 0.5) is 0 Å². The first-order valence-electron chi connectivity index (χ1n) is 9.61. The van der Waals surface area contributed by atoms with E-state index in [1.54, 1.807) is 0 Å². The summed E-state index contributed by atoms with van der Waals surface area (Å²) in [6.45, 7) is 7.26. The van der Waals surface area contributed by atoms with Gasteiger partial charge in [-0.1, -0.05) is 25.1 Å². The molecule has 6 nitrogen and oxygen atoms in total. The number of nitrogens with one attached hydrogen (secondary N) is 1. The van der Waals surface area contributed by atoms with Crippen molar-refractivity contribution < 1.29 is 14.3 Å². The maximum atomic E-state index is 13.0. The van der Waals surface area contributed by atoms with Gasteiger partial charge in [-0.3, -0.25) is 9.59 Å². The lowest BCUT2D eigenvalue weighted by Gasteiger charge is -2.41. The van der Waals surface area contributed by atoms with Crippen molar-refractivity contribution in [2.24, 2.45) is 0 Å². The number of hydrogen-bond donors (Lipinski definition) is 1. The molecule has 0 saturated carbocycles. The Kier molecular flexibility index (Phi) is 7.92. The molecule has 150 valence electrons. The van der Waals surface area contributed by atoms with E-state index in [9.17, 15) is 9.59 Å². The molecule has 0 aliphatic carbocycles. The van der Waals surface area contributed by atoms with Gasteiger partial charge in [0.25, 0.3) is 5.91 Å². The number of aryl methyl sites for hydroxylation is 1. The summed E-state index contributed by atoms with van der Waals surface area (Å²) in [6, 6.07) is 7.90. The summed E-state index contributed by atoms with van der Waals surface area (Å²) in [5.74, 6) is 0.931. The summed E-state index contributed by atoms with van der Waals surface area (Å²) in [5, 5.41) is 3.11. The second-order valence-electron chi connectivity index (χ2n) is 7.12. The standard InChI is InChI=1S/C20H29N3O3.ClH/c1-3-17(26-18-9-5-4-7-15(18)2)20(25)22-11-6-8-16(14-22)23-12-10-21-13-19(23)24;/h4-5,7,9,16-17,21H,3,6,8,10-14H2,1-2H3;1H. The summed E-state index contributed by atoms with van der Waals surface area (Å²) in [5.41, 5.74) is 1.03. The number of piperazine rings is 1. The van der Waals surface area contributed by atoms with Crippen molar-refractivity contribution in [3.8, 4) is 5.75 Å². The molecule has 2 heterocycles. The number of carbonyl (C=O) groups excluding carboxylic acids is 2. The first-order valence-corrected chi connectivity index (χ1v) is 9.61. The van der Waals surface area contributed by atoms with Crippen molar-refractivity contribution in [3.05, 3.63) is 29.8 Å². The van der Waals surface area contributed by atoms with Crippen molar-refractivity contribution in [1.82, 2.24) is 15.1 Å². The topological polar surface area (TPSA) is 61.9 Å². The quantitative estimate of drug-likeness (QED) is 0.828. The Labute approximate surface area is 167 Å². The van der Waals surface area contributed by atoms with Crippen LogP contribution in [0.15, 0.2) is 24.3 Å². The Morgan fingerprint density at radius 2 is 2.11 bits per heavy atom. The molecule has 27 heavy (non-hydrogen) atoms. The minimum atomic E-state index is -0.478. The number of nitrogens with zero attached hydrogens (tertiary/aromatic N) is 2. The van der Waals surface area contributed by atoms with Crippen LogP contribution in [0.25, 0.3) is 0 Å². The Morgan fingerprint density at radius 3 is 2.81 bits per heavy atom. The third-order valence-corrected chi connectivity index (χ3v) is 5.28. The van der Waals surface area contributed by atoms with Crippen molar-refractivity contribution in [1.29, 1.82) is 0 Å². The van der Waals surface area contributed by atoms with Gasteiger partial charge in [-0.2, -0.15) is 0 Å². The zero-order valence-electron chi connectivity index (χ0n) is 16.1. The third kappa shape index (κ3) is 5.14. The zero-order chi connectivity index (χ0) is 18.5. The molecule has 0 bridgehead atoms. The highest BCUT2D eigenvalue weighted by molar-refractivity contribution is 5.85. The van der Waals surface area contributed by atoms with Crippen LogP contribution in [0.2, 0.25) is 0 Å². The van der Waals surface area contributed by atoms with Gasteiger partial charge in [0.2, 0.25) is 5.91 Å². The Bertz CT molecular complexity index is 655. The molecule has 1 aromatic rings. The van der Waals surface area contributed by atoms with Gasteiger partial charge in [0.1, 0.15) is 5.75 Å². The molecule has 2 fully saturated rings. The van der Waals surface area contributed by atoms with Gasteiger partial charge >= 0.3 is 0 Å². The minimum Gasteiger partial charge on any atom is -0.480 e. The summed E-state index contributed by atoms with van der Waals surface area (Å²) in [6.07, 6.45) is 2.04. The molecule has 0 spiro atoms. The molecule has 7 heteroatoms. The molecule has 2 atom stereocenters. The summed E-state index contributed by atoms with van der Waals surface area (Å²) < 4.78 is 6.03. The molecule has 2 saturated heterocycles. The van der Waals surface area contributed by atoms with Crippen LogP contribution < -0.4 is 10.1 Å². The van der Waals surface area contributed by atoms with Crippen LogP contribution in [0.3, 0.4) is 0 Å². The minimum absolute atomic E-state index is 0. The van der Waals surface area contributed by atoms with Crippen molar-refractivity contribution >= 4 is 24.2 Å². The van der Waals surface area contributed by atoms with Crippen molar-refractivity contribution in [3.63, 3.8) is 0 Å². The number of ether oxygens (including phenoxy) is 1. The van der Waals surface area contributed by atoms with E-state index in [0.717, 1.165) is 43.8 Å². The second-order valence-corrected chi connectivity index (χ2v) is 7.12. The van der Waals surface area contributed by atoms with Gasteiger partial charge in [0, 0.05) is 32.2 Å². The number of amides is 2. The molecule has 1 N–H and O–H groups in total. The predicted molar refractivity (Wildman–Crippen MR) is 107 cm³/mol. The number of halogens is 1. The molecule has 2 aliphatic heterocycles. The fourth-order valence-electron chi connectivity index (χ4n) is 3.77. The fourth-order valence-corrected chi connectivity index (χ4v) is 3.77. The summed E-state index contributed by atoms with van der Waals surface area (Å²) in [7, 11) is 0. The Morgan fingerprint density at radius 1 is 1.33 bits per heavy atom. The maximum Gasteiger partial charge on any atom is 0.263 e. The average molecular weight is 396 g/mol. The van der Waals surface area contributed by atoms with Gasteiger partial charge in [0.05, 0.1) is 6.54 Å². The predicted octanol–water partition coefficient (Wildman–Crippen LogP) is 2.00. The van der Waals surface area contributed by atoms with Crippen molar-refractivity contribution in [2.75, 3.05) is 32.7 Å². The smallest absolute Gasteiger partial charge is 0.263 e. The van der Waals surface area contributed by atoms with E-state index >= 15 is 0 Å². The lowest BCUT2D eigenvalue weighted by Crippen LogP contribution is -2.58. The SMILES string of the molecule is CCC(Oc1ccccc1C)C(=O)N1CCCC(N2CCNCC2=O)C1.Cl. The zero-order valence-corrected chi connectivity index (χ0v) is 17.0. The fraction of sp³-hybridized carbons (Fsp3) is 0.600. The number of piperidine rings is 1. The van der Waals surface area contributed by atoms with E-state index in [1.165, 1.54) is 0 Å². The number of para-hydroxylation sites is 1. The van der Waals surface area contributed by atoms with Gasteiger partial charge < -0.3 is 19.9 Å². The number of benzene rings is 1. The van der Waals surface area contributed by atoms with Gasteiger partial charge in [-0.05, 0) is 37.8 Å². The molecule has 0 aromatic heterocycles. The van der Waals surface area contributed by atoms with Gasteiger partial charge in [0.15, 0.2) is 6.10 Å². The number of carbonyl (C=O) groups is 2. The largest absolute Gasteiger partial charge is 0.480 e. The third-order valence-electron chi connectivity index (χ3n) is 5.28.